The number of hydrogen-bond acceptors (Lipinski definition) is 6. The molecule has 1 aliphatic heterocycles. The molecule has 1 aromatic carbocycles. The van der Waals surface area contributed by atoms with Gasteiger partial charge in [0.2, 0.25) is 0 Å². The number of nitrogens with one attached hydrogen (secondary N) is 1. The molecular weight excluding hydrogens is 316 g/mol. The minimum atomic E-state index is -0.660. The number of phenols is 3. The molecule has 1 fully saturated rings. The Morgan fingerprint density at radius 3 is 2.38 bits per heavy atom. The van der Waals surface area contributed by atoms with Crippen LogP contribution in [0.15, 0.2) is 24.8 Å². The van der Waals surface area contributed by atoms with Crippen molar-refractivity contribution in [1.29, 1.82) is 0 Å². The molecule has 1 heterocycles. The Bertz CT molecular complexity index is 614. The lowest BCUT2D eigenvalue weighted by Crippen LogP contribution is -2.46. The van der Waals surface area contributed by atoms with Gasteiger partial charge in [0.05, 0.1) is 0 Å². The Kier molecular flexibility index (Phi) is 5.51. The van der Waals surface area contributed by atoms with Gasteiger partial charge in [-0.3, -0.25) is 4.79 Å². The smallest absolute Gasteiger partial charge is 0.407 e. The van der Waals surface area contributed by atoms with Crippen molar-refractivity contribution in [3.63, 3.8) is 0 Å². The van der Waals surface area contributed by atoms with Gasteiger partial charge < -0.3 is 30.3 Å². The number of carbonyl (C=O) groups is 2. The zero-order valence-electron chi connectivity index (χ0n) is 13.1. The Hall–Kier alpha value is -2.90. The van der Waals surface area contributed by atoms with Crippen LogP contribution in [0.2, 0.25) is 0 Å². The molecule has 4 N–H and O–H groups in total. The van der Waals surface area contributed by atoms with Crippen LogP contribution in [0.25, 0.3) is 0 Å². The fraction of sp³-hybridized carbons (Fsp3) is 0.375. The van der Waals surface area contributed by atoms with E-state index in [2.05, 4.69) is 11.9 Å². The first-order valence-corrected chi connectivity index (χ1v) is 7.50. The van der Waals surface area contributed by atoms with Crippen molar-refractivity contribution in [3.05, 3.63) is 30.4 Å². The van der Waals surface area contributed by atoms with Gasteiger partial charge >= 0.3 is 6.09 Å². The van der Waals surface area contributed by atoms with E-state index in [1.54, 1.807) is 4.90 Å². The lowest BCUT2D eigenvalue weighted by Gasteiger charge is -2.32. The highest BCUT2D eigenvalue weighted by atomic mass is 16.5. The van der Waals surface area contributed by atoms with Crippen LogP contribution < -0.4 is 5.32 Å². The average Bonchev–Trinajstić information content (AvgIpc) is 2.57. The molecule has 0 spiro atoms. The molecule has 2 amide bonds. The predicted octanol–water partition coefficient (Wildman–Crippen LogP) is 1.32. The van der Waals surface area contributed by atoms with E-state index < -0.39 is 23.3 Å². The molecule has 8 heteroatoms. The summed E-state index contributed by atoms with van der Waals surface area (Å²) < 4.78 is 4.85. The van der Waals surface area contributed by atoms with Gasteiger partial charge in [-0.05, 0) is 25.0 Å². The molecule has 24 heavy (non-hydrogen) atoms. The third-order valence-electron chi connectivity index (χ3n) is 3.75. The van der Waals surface area contributed by atoms with Gasteiger partial charge in [0.1, 0.15) is 6.61 Å². The number of benzene rings is 1. The number of hydrogen-bond donors (Lipinski definition) is 4. The summed E-state index contributed by atoms with van der Waals surface area (Å²) >= 11 is 0. The summed E-state index contributed by atoms with van der Waals surface area (Å²) in [7, 11) is 0. The summed E-state index contributed by atoms with van der Waals surface area (Å²) in [6, 6.07) is 2.12. The molecular formula is C16H20N2O6. The number of nitrogens with zero attached hydrogens (tertiary/aromatic N) is 1. The Morgan fingerprint density at radius 1 is 1.25 bits per heavy atom. The van der Waals surface area contributed by atoms with Crippen molar-refractivity contribution >= 4 is 12.0 Å². The molecule has 0 saturated carbocycles. The third kappa shape index (κ3) is 4.09. The SMILES string of the molecule is C=CCOC(=O)NC1CCN(C(=O)c2cc(O)c(O)c(O)c2)CC1. The predicted molar refractivity (Wildman–Crippen MR) is 85.0 cm³/mol. The molecule has 1 saturated heterocycles. The highest BCUT2D eigenvalue weighted by Gasteiger charge is 2.26. The highest BCUT2D eigenvalue weighted by Crippen LogP contribution is 2.35. The Balaban J connectivity index is 1.91. The van der Waals surface area contributed by atoms with Crippen molar-refractivity contribution in [2.24, 2.45) is 0 Å². The zero-order chi connectivity index (χ0) is 17.7. The van der Waals surface area contributed by atoms with Crippen molar-refractivity contribution in [2.45, 2.75) is 18.9 Å². The second-order valence-corrected chi connectivity index (χ2v) is 5.46. The lowest BCUT2D eigenvalue weighted by atomic mass is 10.0. The highest BCUT2D eigenvalue weighted by molar-refractivity contribution is 5.95. The monoisotopic (exact) mass is 336 g/mol. The maximum atomic E-state index is 12.4. The Morgan fingerprint density at radius 2 is 1.83 bits per heavy atom. The first kappa shape index (κ1) is 17.5. The van der Waals surface area contributed by atoms with Crippen LogP contribution in [0.1, 0.15) is 23.2 Å². The number of rotatable bonds is 4. The number of phenolic OH excluding ortho intramolecular Hbond substituents is 3. The second-order valence-electron chi connectivity index (χ2n) is 5.46. The topological polar surface area (TPSA) is 119 Å². The largest absolute Gasteiger partial charge is 0.504 e. The standard InChI is InChI=1S/C16H20N2O6/c1-2-7-24-16(23)17-11-3-5-18(6-4-11)15(22)10-8-12(19)14(21)13(20)9-10/h2,8-9,11,19-21H,1,3-7H2,(H,17,23). The molecule has 0 aliphatic carbocycles. The van der Waals surface area contributed by atoms with Crippen LogP contribution in [-0.4, -0.2) is 58.0 Å². The molecule has 1 aromatic rings. The first-order chi connectivity index (χ1) is 11.4. The van der Waals surface area contributed by atoms with Gasteiger partial charge in [0.15, 0.2) is 17.2 Å². The summed E-state index contributed by atoms with van der Waals surface area (Å²) in [4.78, 5) is 25.4. The quantitative estimate of drug-likeness (QED) is 0.486. The van der Waals surface area contributed by atoms with E-state index in [9.17, 15) is 24.9 Å². The molecule has 2 rings (SSSR count). The van der Waals surface area contributed by atoms with Crippen LogP contribution in [0.4, 0.5) is 4.79 Å². The average molecular weight is 336 g/mol. The summed E-state index contributed by atoms with van der Waals surface area (Å²) in [6.45, 7) is 4.41. The van der Waals surface area contributed by atoms with Crippen molar-refractivity contribution in [3.8, 4) is 17.2 Å². The van der Waals surface area contributed by atoms with Gasteiger partial charge in [-0.15, -0.1) is 0 Å². The molecule has 130 valence electrons. The van der Waals surface area contributed by atoms with Crippen LogP contribution >= 0.6 is 0 Å². The molecule has 0 atom stereocenters. The normalized spacial score (nSPS) is 14.9. The molecule has 1 aliphatic rings. The summed E-state index contributed by atoms with van der Waals surface area (Å²) in [5.74, 6) is -2.14. The number of piperidine rings is 1. The van der Waals surface area contributed by atoms with Crippen LogP contribution in [0.3, 0.4) is 0 Å². The van der Waals surface area contributed by atoms with E-state index >= 15 is 0 Å². The van der Waals surface area contributed by atoms with Crippen molar-refractivity contribution in [1.82, 2.24) is 10.2 Å². The van der Waals surface area contributed by atoms with Gasteiger partial charge in [-0.1, -0.05) is 12.7 Å². The van der Waals surface area contributed by atoms with E-state index in [-0.39, 0.29) is 24.1 Å². The van der Waals surface area contributed by atoms with Crippen LogP contribution in [0.5, 0.6) is 17.2 Å². The van der Waals surface area contributed by atoms with Crippen molar-refractivity contribution < 1.29 is 29.6 Å². The summed E-state index contributed by atoms with van der Waals surface area (Å²) in [6.07, 6.45) is 2.08. The Labute approximate surface area is 139 Å². The van der Waals surface area contributed by atoms with Gasteiger partial charge in [0, 0.05) is 24.7 Å². The first-order valence-electron chi connectivity index (χ1n) is 7.50. The van der Waals surface area contributed by atoms with Crippen LogP contribution in [-0.2, 0) is 4.74 Å². The van der Waals surface area contributed by atoms with E-state index in [0.717, 1.165) is 12.1 Å². The third-order valence-corrected chi connectivity index (χ3v) is 3.75. The molecule has 0 radical (unpaired) electrons. The number of likely N-dealkylation sites (tertiary alicyclic amines) is 1. The van der Waals surface area contributed by atoms with Gasteiger partial charge in [-0.25, -0.2) is 4.79 Å². The number of carbonyl (C=O) groups excluding carboxylic acids is 2. The number of ether oxygens (including phenoxy) is 1. The van der Waals surface area contributed by atoms with Crippen molar-refractivity contribution in [2.75, 3.05) is 19.7 Å². The van der Waals surface area contributed by atoms with Gasteiger partial charge in [-0.2, -0.15) is 0 Å². The summed E-state index contributed by atoms with van der Waals surface area (Å²) in [5.41, 5.74) is 0.0830. The number of aromatic hydroxyl groups is 3. The molecule has 0 bridgehead atoms. The van der Waals surface area contributed by atoms with Gasteiger partial charge in [0.25, 0.3) is 5.91 Å². The van der Waals surface area contributed by atoms with E-state index in [1.807, 2.05) is 0 Å². The summed E-state index contributed by atoms with van der Waals surface area (Å²) in [5, 5.41) is 31.0. The minimum absolute atomic E-state index is 0.0830. The fourth-order valence-corrected chi connectivity index (χ4v) is 2.48. The second kappa shape index (κ2) is 7.58. The van der Waals surface area contributed by atoms with Crippen LogP contribution in [0, 0.1) is 0 Å². The molecule has 0 unspecified atom stereocenters. The maximum Gasteiger partial charge on any atom is 0.407 e. The van der Waals surface area contributed by atoms with E-state index in [0.29, 0.717) is 25.9 Å². The number of alkyl carbamates (subject to hydrolysis) is 1. The minimum Gasteiger partial charge on any atom is -0.504 e. The van der Waals surface area contributed by atoms with E-state index in [1.165, 1.54) is 6.08 Å². The fourth-order valence-electron chi connectivity index (χ4n) is 2.48. The molecule has 8 nitrogen and oxygen atoms in total. The van der Waals surface area contributed by atoms with E-state index in [4.69, 9.17) is 4.74 Å². The maximum absolute atomic E-state index is 12.4. The lowest BCUT2D eigenvalue weighted by molar-refractivity contribution is 0.0702. The number of amides is 2. The zero-order valence-corrected chi connectivity index (χ0v) is 13.1. The molecule has 0 aromatic heterocycles.